The molecule has 1 aromatic carbocycles. The van der Waals surface area contributed by atoms with Crippen molar-refractivity contribution in [2.75, 3.05) is 7.11 Å². The normalized spacial score (nSPS) is 11.2. The van der Waals surface area contributed by atoms with Crippen molar-refractivity contribution in [2.24, 2.45) is 0 Å². The average Bonchev–Trinajstić information content (AvgIpc) is 2.45. The summed E-state index contributed by atoms with van der Waals surface area (Å²) in [6.07, 6.45) is -4.60. The van der Waals surface area contributed by atoms with Crippen LogP contribution in [0.4, 0.5) is 19.0 Å². The Kier molecular flexibility index (Phi) is 3.79. The number of nitro groups is 1. The van der Waals surface area contributed by atoms with E-state index in [4.69, 9.17) is 4.74 Å². The van der Waals surface area contributed by atoms with Crippen molar-refractivity contribution in [3.05, 3.63) is 52.1 Å². The number of benzene rings is 1. The van der Waals surface area contributed by atoms with Crippen molar-refractivity contribution in [3.63, 3.8) is 0 Å². The van der Waals surface area contributed by atoms with Crippen LogP contribution in [0, 0.1) is 10.1 Å². The van der Waals surface area contributed by atoms with Crippen molar-refractivity contribution in [3.8, 4) is 17.0 Å². The van der Waals surface area contributed by atoms with Gasteiger partial charge in [-0.1, -0.05) is 12.1 Å². The van der Waals surface area contributed by atoms with Crippen LogP contribution >= 0.6 is 0 Å². The van der Waals surface area contributed by atoms with Crippen LogP contribution in [0.25, 0.3) is 11.3 Å². The Balaban J connectivity index is 2.72. The molecule has 0 saturated heterocycles. The number of rotatable bonds is 3. The molecule has 2 rings (SSSR count). The van der Waals surface area contributed by atoms with Gasteiger partial charge in [-0.15, -0.1) is 0 Å². The van der Waals surface area contributed by atoms with E-state index >= 15 is 0 Å². The highest BCUT2D eigenvalue weighted by molar-refractivity contribution is 5.71. The van der Waals surface area contributed by atoms with E-state index in [9.17, 15) is 23.3 Å². The van der Waals surface area contributed by atoms with Gasteiger partial charge in [0.2, 0.25) is 5.69 Å². The quantitative estimate of drug-likeness (QED) is 0.640. The van der Waals surface area contributed by atoms with Crippen LogP contribution in [0.3, 0.4) is 0 Å². The zero-order valence-corrected chi connectivity index (χ0v) is 10.7. The minimum atomic E-state index is -4.60. The summed E-state index contributed by atoms with van der Waals surface area (Å²) in [5.41, 5.74) is -1.43. The second-order valence-corrected chi connectivity index (χ2v) is 4.02. The number of methoxy groups -OCH3 is 1. The summed E-state index contributed by atoms with van der Waals surface area (Å²) in [6.45, 7) is 0. The molecule has 0 aliphatic carbocycles. The van der Waals surface area contributed by atoms with Gasteiger partial charge in [0.05, 0.1) is 12.7 Å². The fraction of sp³-hybridized carbons (Fsp3) is 0.154. The molecule has 0 fully saturated rings. The van der Waals surface area contributed by atoms with E-state index < -0.39 is 22.5 Å². The molecule has 1 aromatic heterocycles. The van der Waals surface area contributed by atoms with Crippen LogP contribution in [0.1, 0.15) is 5.56 Å². The largest absolute Gasteiger partial charge is 0.492 e. The lowest BCUT2D eigenvalue weighted by molar-refractivity contribution is -0.389. The molecular formula is C13H9F3N2O3. The zero-order valence-electron chi connectivity index (χ0n) is 10.7. The lowest BCUT2D eigenvalue weighted by atomic mass is 10.0. The molecule has 5 nitrogen and oxygen atoms in total. The highest BCUT2D eigenvalue weighted by Crippen LogP contribution is 2.39. The molecule has 2 aromatic rings. The first kappa shape index (κ1) is 14.8. The van der Waals surface area contributed by atoms with E-state index in [1.807, 2.05) is 0 Å². The van der Waals surface area contributed by atoms with Crippen LogP contribution < -0.4 is 4.74 Å². The van der Waals surface area contributed by atoms with Crippen molar-refractivity contribution in [1.82, 2.24) is 4.98 Å². The van der Waals surface area contributed by atoms with E-state index in [-0.39, 0.29) is 17.0 Å². The number of pyridine rings is 1. The zero-order chi connectivity index (χ0) is 15.6. The Morgan fingerprint density at radius 3 is 2.43 bits per heavy atom. The van der Waals surface area contributed by atoms with E-state index in [1.54, 1.807) is 0 Å². The Morgan fingerprint density at radius 1 is 1.19 bits per heavy atom. The predicted molar refractivity (Wildman–Crippen MR) is 67.9 cm³/mol. The van der Waals surface area contributed by atoms with Crippen LogP contribution in [0.2, 0.25) is 0 Å². The molecule has 0 amide bonds. The monoisotopic (exact) mass is 298 g/mol. The maximum Gasteiger partial charge on any atom is 0.417 e. The number of hydrogen-bond acceptors (Lipinski definition) is 4. The molecular weight excluding hydrogens is 289 g/mol. The van der Waals surface area contributed by atoms with Gasteiger partial charge in [-0.3, -0.25) is 0 Å². The van der Waals surface area contributed by atoms with Gasteiger partial charge in [0.1, 0.15) is 0 Å². The summed E-state index contributed by atoms with van der Waals surface area (Å²) in [6, 6.07) is 6.99. The highest BCUT2D eigenvalue weighted by Gasteiger charge is 2.35. The molecule has 0 aliphatic rings. The lowest BCUT2D eigenvalue weighted by Gasteiger charge is -2.12. The molecule has 0 N–H and O–H groups in total. The minimum absolute atomic E-state index is 0.0253. The summed E-state index contributed by atoms with van der Waals surface area (Å²) in [7, 11) is 1.25. The molecule has 110 valence electrons. The molecule has 1 heterocycles. The number of ether oxygens (including phenoxy) is 1. The third-order valence-corrected chi connectivity index (χ3v) is 2.74. The van der Waals surface area contributed by atoms with Crippen molar-refractivity contribution in [1.29, 1.82) is 0 Å². The van der Waals surface area contributed by atoms with E-state index in [0.29, 0.717) is 0 Å². The first-order chi connectivity index (χ1) is 9.84. The molecule has 0 bridgehead atoms. The number of hydrogen-bond donors (Lipinski definition) is 0. The minimum Gasteiger partial charge on any atom is -0.492 e. The lowest BCUT2D eigenvalue weighted by Crippen LogP contribution is -2.08. The van der Waals surface area contributed by atoms with Gasteiger partial charge >= 0.3 is 12.0 Å². The fourth-order valence-corrected chi connectivity index (χ4v) is 1.83. The van der Waals surface area contributed by atoms with Gasteiger partial charge in [-0.25, -0.2) is 0 Å². The van der Waals surface area contributed by atoms with Gasteiger partial charge in [-0.05, 0) is 28.1 Å². The highest BCUT2D eigenvalue weighted by atomic mass is 19.4. The molecule has 0 radical (unpaired) electrons. The van der Waals surface area contributed by atoms with E-state index in [2.05, 4.69) is 4.98 Å². The Morgan fingerprint density at radius 2 is 1.86 bits per heavy atom. The maximum absolute atomic E-state index is 13.0. The molecule has 0 saturated carbocycles. The van der Waals surface area contributed by atoms with Gasteiger partial charge in [0.25, 0.3) is 0 Å². The summed E-state index contributed by atoms with van der Waals surface area (Å²) in [4.78, 5) is 13.6. The van der Waals surface area contributed by atoms with Gasteiger partial charge < -0.3 is 14.9 Å². The van der Waals surface area contributed by atoms with Gasteiger partial charge in [-0.2, -0.15) is 13.2 Å². The smallest absolute Gasteiger partial charge is 0.417 e. The Labute approximate surface area is 117 Å². The standard InChI is InChI=1S/C13H9F3N2O3/c1-21-10-6-7-11(18(19)20)17-12(10)8-4-2-3-5-9(8)13(14,15)16/h2-7H,1H3. The first-order valence-electron chi connectivity index (χ1n) is 5.70. The Hall–Kier alpha value is -2.64. The van der Waals surface area contributed by atoms with Crippen molar-refractivity contribution in [2.45, 2.75) is 6.18 Å². The number of halogens is 3. The topological polar surface area (TPSA) is 65.3 Å². The van der Waals surface area contributed by atoms with Crippen LogP contribution in [0.5, 0.6) is 5.75 Å². The van der Waals surface area contributed by atoms with Crippen LogP contribution in [0.15, 0.2) is 36.4 Å². The van der Waals surface area contributed by atoms with E-state index in [0.717, 1.165) is 12.1 Å². The predicted octanol–water partition coefficient (Wildman–Crippen LogP) is 3.68. The second kappa shape index (κ2) is 5.39. The molecule has 0 aliphatic heterocycles. The summed E-state index contributed by atoms with van der Waals surface area (Å²) >= 11 is 0. The second-order valence-electron chi connectivity index (χ2n) is 4.02. The molecule has 21 heavy (non-hydrogen) atoms. The maximum atomic E-state index is 13.0. The third-order valence-electron chi connectivity index (χ3n) is 2.74. The van der Waals surface area contributed by atoms with Crippen molar-refractivity contribution < 1.29 is 22.8 Å². The molecule has 0 unspecified atom stereocenters. The van der Waals surface area contributed by atoms with E-state index in [1.165, 1.54) is 31.4 Å². The van der Waals surface area contributed by atoms with Gasteiger partial charge in [0, 0.05) is 11.6 Å². The Bertz CT molecular complexity index is 687. The SMILES string of the molecule is COc1ccc([N+](=O)[O-])nc1-c1ccccc1C(F)(F)F. The van der Waals surface area contributed by atoms with Crippen molar-refractivity contribution >= 4 is 5.82 Å². The van der Waals surface area contributed by atoms with Gasteiger partial charge in [0.15, 0.2) is 5.75 Å². The molecule has 0 atom stereocenters. The average molecular weight is 298 g/mol. The third kappa shape index (κ3) is 2.93. The molecule has 8 heteroatoms. The first-order valence-corrected chi connectivity index (χ1v) is 5.70. The number of nitrogens with zero attached hydrogens (tertiary/aromatic N) is 2. The number of aromatic nitrogens is 1. The number of alkyl halides is 3. The molecule has 0 spiro atoms. The van der Waals surface area contributed by atoms with Crippen LogP contribution in [-0.4, -0.2) is 17.0 Å². The fourth-order valence-electron chi connectivity index (χ4n) is 1.83. The summed E-state index contributed by atoms with van der Waals surface area (Å²) < 4.78 is 44.0. The van der Waals surface area contributed by atoms with Crippen LogP contribution in [-0.2, 0) is 6.18 Å². The summed E-state index contributed by atoms with van der Waals surface area (Å²) in [5, 5.41) is 10.7. The summed E-state index contributed by atoms with van der Waals surface area (Å²) in [5.74, 6) is -0.528.